The Labute approximate surface area is 89.6 Å². The molecule has 1 aliphatic heterocycles. The monoisotopic (exact) mass is 217 g/mol. The number of rotatable bonds is 4. The Morgan fingerprint density at radius 2 is 2.20 bits per heavy atom. The number of carbonyl (C=O) groups excluding carboxylic acids is 1. The second kappa shape index (κ2) is 6.63. The third-order valence-corrected chi connectivity index (χ3v) is 2.63. The molecule has 0 aromatic rings. The molecule has 1 unspecified atom stereocenters. The number of piperidine rings is 1. The van der Waals surface area contributed by atoms with Crippen molar-refractivity contribution in [3.63, 3.8) is 0 Å². The van der Waals surface area contributed by atoms with Crippen molar-refractivity contribution in [2.24, 2.45) is 5.92 Å². The first-order chi connectivity index (χ1) is 7.27. The molecule has 0 radical (unpaired) electrons. The maximum Gasteiger partial charge on any atom is 0.409 e. The molecule has 0 saturated carbocycles. The predicted octanol–water partition coefficient (Wildman–Crippen LogP) is 0.210. The lowest BCUT2D eigenvalue weighted by molar-refractivity contribution is 0.0670. The number of likely N-dealkylation sites (tertiary alicyclic amines) is 1. The number of nitrogens with zero attached hydrogens (tertiary/aromatic N) is 1. The Kier molecular flexibility index (Phi) is 5.42. The van der Waals surface area contributed by atoms with Gasteiger partial charge in [-0.1, -0.05) is 0 Å². The van der Waals surface area contributed by atoms with E-state index >= 15 is 0 Å². The lowest BCUT2D eigenvalue weighted by atomic mass is 9.95. The largest absolute Gasteiger partial charge is 0.447 e. The van der Waals surface area contributed by atoms with Gasteiger partial charge in [-0.15, -0.1) is 0 Å². The van der Waals surface area contributed by atoms with E-state index in [0.29, 0.717) is 19.0 Å². The molecule has 1 aliphatic rings. The minimum Gasteiger partial charge on any atom is -0.447 e. The van der Waals surface area contributed by atoms with Gasteiger partial charge in [0.2, 0.25) is 0 Å². The van der Waals surface area contributed by atoms with Crippen LogP contribution in [0, 0.1) is 5.92 Å². The number of hydrogen-bond donors (Lipinski definition) is 2. The van der Waals surface area contributed by atoms with Crippen molar-refractivity contribution in [3.8, 4) is 0 Å². The molecular formula is C10H19NO4. The first-order valence-corrected chi connectivity index (χ1v) is 5.41. The first-order valence-electron chi connectivity index (χ1n) is 5.41. The highest BCUT2D eigenvalue weighted by Crippen LogP contribution is 2.19. The van der Waals surface area contributed by atoms with E-state index in [4.69, 9.17) is 14.9 Å². The van der Waals surface area contributed by atoms with Crippen LogP contribution in [0.5, 0.6) is 0 Å². The molecule has 1 heterocycles. The molecule has 2 N–H and O–H groups in total. The van der Waals surface area contributed by atoms with Gasteiger partial charge in [0, 0.05) is 19.7 Å². The minimum atomic E-state index is -0.355. The number of ether oxygens (including phenoxy) is 1. The molecule has 0 aromatic carbocycles. The molecule has 0 bridgehead atoms. The van der Waals surface area contributed by atoms with Crippen molar-refractivity contribution < 1.29 is 19.7 Å². The van der Waals surface area contributed by atoms with E-state index < -0.39 is 0 Å². The SMILES string of the molecule is O=C(OCCO)N1CCCC(CCO)C1. The van der Waals surface area contributed by atoms with Crippen LogP contribution in [0.25, 0.3) is 0 Å². The molecule has 88 valence electrons. The van der Waals surface area contributed by atoms with Gasteiger partial charge < -0.3 is 19.8 Å². The van der Waals surface area contributed by atoms with Crippen LogP contribution in [0.4, 0.5) is 4.79 Å². The first kappa shape index (κ1) is 12.3. The van der Waals surface area contributed by atoms with E-state index in [1.54, 1.807) is 4.90 Å². The molecule has 1 atom stereocenters. The van der Waals surface area contributed by atoms with Crippen molar-refractivity contribution in [1.82, 2.24) is 4.90 Å². The molecule has 0 aliphatic carbocycles. The maximum atomic E-state index is 11.4. The summed E-state index contributed by atoms with van der Waals surface area (Å²) in [4.78, 5) is 13.1. The lowest BCUT2D eigenvalue weighted by Crippen LogP contribution is -2.40. The van der Waals surface area contributed by atoms with E-state index in [1.807, 2.05) is 0 Å². The zero-order valence-electron chi connectivity index (χ0n) is 8.89. The van der Waals surface area contributed by atoms with Gasteiger partial charge in [0.1, 0.15) is 6.61 Å². The van der Waals surface area contributed by atoms with Crippen molar-refractivity contribution >= 4 is 6.09 Å². The summed E-state index contributed by atoms with van der Waals surface area (Å²) in [5.41, 5.74) is 0. The highest BCUT2D eigenvalue weighted by Gasteiger charge is 2.23. The van der Waals surface area contributed by atoms with Crippen LogP contribution in [-0.2, 0) is 4.74 Å². The molecule has 15 heavy (non-hydrogen) atoms. The summed E-state index contributed by atoms with van der Waals surface area (Å²) in [6, 6.07) is 0. The van der Waals surface area contributed by atoms with E-state index in [9.17, 15) is 4.79 Å². The number of carbonyl (C=O) groups is 1. The summed E-state index contributed by atoms with van der Waals surface area (Å²) in [7, 11) is 0. The second-order valence-corrected chi connectivity index (χ2v) is 3.80. The van der Waals surface area contributed by atoms with Crippen molar-refractivity contribution in [1.29, 1.82) is 0 Å². The Hall–Kier alpha value is -0.810. The topological polar surface area (TPSA) is 70.0 Å². The fourth-order valence-corrected chi connectivity index (χ4v) is 1.87. The van der Waals surface area contributed by atoms with E-state index in [-0.39, 0.29) is 25.9 Å². The lowest BCUT2D eigenvalue weighted by Gasteiger charge is -2.31. The van der Waals surface area contributed by atoms with Gasteiger partial charge >= 0.3 is 6.09 Å². The molecule has 1 saturated heterocycles. The Morgan fingerprint density at radius 1 is 1.40 bits per heavy atom. The van der Waals surface area contributed by atoms with Crippen LogP contribution in [0.2, 0.25) is 0 Å². The van der Waals surface area contributed by atoms with E-state index in [0.717, 1.165) is 19.3 Å². The van der Waals surface area contributed by atoms with Gasteiger partial charge in [0.25, 0.3) is 0 Å². The smallest absolute Gasteiger partial charge is 0.409 e. The zero-order chi connectivity index (χ0) is 11.1. The van der Waals surface area contributed by atoms with Gasteiger partial charge in [0.05, 0.1) is 6.61 Å². The molecule has 1 amide bonds. The third-order valence-electron chi connectivity index (χ3n) is 2.63. The molecule has 0 aromatic heterocycles. The summed E-state index contributed by atoms with van der Waals surface area (Å²) in [6.45, 7) is 1.46. The van der Waals surface area contributed by atoms with Crippen LogP contribution in [0.3, 0.4) is 0 Å². The molecule has 1 fully saturated rings. The van der Waals surface area contributed by atoms with E-state index in [1.165, 1.54) is 0 Å². The highest BCUT2D eigenvalue weighted by atomic mass is 16.6. The Balaban J connectivity index is 2.31. The predicted molar refractivity (Wildman–Crippen MR) is 54.4 cm³/mol. The summed E-state index contributed by atoms with van der Waals surface area (Å²) in [5, 5.41) is 17.3. The van der Waals surface area contributed by atoms with Gasteiger partial charge in [-0.3, -0.25) is 0 Å². The van der Waals surface area contributed by atoms with E-state index in [2.05, 4.69) is 0 Å². The van der Waals surface area contributed by atoms with Crippen LogP contribution in [-0.4, -0.2) is 54.1 Å². The van der Waals surface area contributed by atoms with Crippen LogP contribution in [0.15, 0.2) is 0 Å². The standard InChI is InChI=1S/C10H19NO4/c12-5-3-9-2-1-4-11(8-9)10(14)15-7-6-13/h9,12-13H,1-8H2. The summed E-state index contributed by atoms with van der Waals surface area (Å²) in [6.07, 6.45) is 2.40. The average molecular weight is 217 g/mol. The normalized spacial score (nSPS) is 21.5. The molecule has 1 rings (SSSR count). The summed E-state index contributed by atoms with van der Waals surface area (Å²) in [5.74, 6) is 0.380. The Morgan fingerprint density at radius 3 is 2.87 bits per heavy atom. The highest BCUT2D eigenvalue weighted by molar-refractivity contribution is 5.67. The van der Waals surface area contributed by atoms with Crippen molar-refractivity contribution in [2.75, 3.05) is 32.9 Å². The molecule has 5 heteroatoms. The van der Waals surface area contributed by atoms with Gasteiger partial charge in [-0.05, 0) is 25.2 Å². The summed E-state index contributed by atoms with van der Waals surface area (Å²) < 4.78 is 4.83. The van der Waals surface area contributed by atoms with Crippen LogP contribution < -0.4 is 0 Å². The quantitative estimate of drug-likeness (QED) is 0.706. The fraction of sp³-hybridized carbons (Fsp3) is 0.900. The fourth-order valence-electron chi connectivity index (χ4n) is 1.87. The number of aliphatic hydroxyl groups excluding tert-OH is 2. The second-order valence-electron chi connectivity index (χ2n) is 3.80. The van der Waals surface area contributed by atoms with Gasteiger partial charge in [-0.25, -0.2) is 4.79 Å². The van der Waals surface area contributed by atoms with Crippen molar-refractivity contribution in [2.45, 2.75) is 19.3 Å². The number of amides is 1. The average Bonchev–Trinajstić information content (AvgIpc) is 2.27. The van der Waals surface area contributed by atoms with Crippen molar-refractivity contribution in [3.05, 3.63) is 0 Å². The number of aliphatic hydroxyl groups is 2. The maximum absolute atomic E-state index is 11.4. The summed E-state index contributed by atoms with van der Waals surface area (Å²) >= 11 is 0. The molecular weight excluding hydrogens is 198 g/mol. The van der Waals surface area contributed by atoms with Gasteiger partial charge in [0.15, 0.2) is 0 Å². The molecule has 5 nitrogen and oxygen atoms in total. The van der Waals surface area contributed by atoms with Gasteiger partial charge in [-0.2, -0.15) is 0 Å². The number of hydrogen-bond acceptors (Lipinski definition) is 4. The third kappa shape index (κ3) is 4.05. The van der Waals surface area contributed by atoms with Crippen LogP contribution in [0.1, 0.15) is 19.3 Å². The molecule has 0 spiro atoms. The Bertz CT molecular complexity index is 196. The zero-order valence-corrected chi connectivity index (χ0v) is 8.89. The minimum absolute atomic E-state index is 0.0556. The van der Waals surface area contributed by atoms with Crippen LogP contribution >= 0.6 is 0 Å².